The van der Waals surface area contributed by atoms with E-state index in [4.69, 9.17) is 0 Å². The standard InChI is InChI=1S/C12H16O2S2/c1-3-4-8-16-10-7-5-6-9(15-2)11(10)12(13)14/h5-7H,3-4,8H2,1-2H3,(H,13,14). The van der Waals surface area contributed by atoms with Crippen molar-refractivity contribution in [2.45, 2.75) is 29.6 Å². The maximum atomic E-state index is 11.2. The molecule has 0 saturated carbocycles. The topological polar surface area (TPSA) is 37.3 Å². The summed E-state index contributed by atoms with van der Waals surface area (Å²) < 4.78 is 0. The Hall–Kier alpha value is -0.610. The van der Waals surface area contributed by atoms with E-state index >= 15 is 0 Å². The summed E-state index contributed by atoms with van der Waals surface area (Å²) in [5.74, 6) is 0.151. The SMILES string of the molecule is CCCCSc1cccc(SC)c1C(=O)O. The van der Waals surface area contributed by atoms with Crippen molar-refractivity contribution in [1.29, 1.82) is 0 Å². The van der Waals surface area contributed by atoms with Crippen molar-refractivity contribution in [3.63, 3.8) is 0 Å². The molecule has 0 spiro atoms. The lowest BCUT2D eigenvalue weighted by Crippen LogP contribution is -2.01. The Labute approximate surface area is 105 Å². The second-order valence-corrected chi connectivity index (χ2v) is 5.33. The first-order valence-electron chi connectivity index (χ1n) is 5.23. The molecule has 1 rings (SSSR count). The van der Waals surface area contributed by atoms with Crippen molar-refractivity contribution in [1.82, 2.24) is 0 Å². The van der Waals surface area contributed by atoms with Gasteiger partial charge < -0.3 is 5.11 Å². The monoisotopic (exact) mass is 256 g/mol. The molecule has 0 radical (unpaired) electrons. The van der Waals surface area contributed by atoms with Gasteiger partial charge in [0.2, 0.25) is 0 Å². The number of thioether (sulfide) groups is 2. The zero-order valence-electron chi connectivity index (χ0n) is 9.53. The highest BCUT2D eigenvalue weighted by Gasteiger charge is 2.14. The zero-order chi connectivity index (χ0) is 12.0. The number of rotatable bonds is 6. The average Bonchev–Trinajstić information content (AvgIpc) is 2.28. The fourth-order valence-electron chi connectivity index (χ4n) is 1.34. The van der Waals surface area contributed by atoms with Crippen LogP contribution in [0.5, 0.6) is 0 Å². The fourth-order valence-corrected chi connectivity index (χ4v) is 3.19. The summed E-state index contributed by atoms with van der Waals surface area (Å²) in [5, 5.41) is 9.21. The van der Waals surface area contributed by atoms with E-state index in [-0.39, 0.29) is 0 Å². The minimum Gasteiger partial charge on any atom is -0.478 e. The van der Waals surface area contributed by atoms with E-state index < -0.39 is 5.97 Å². The molecule has 0 aliphatic heterocycles. The molecule has 0 aliphatic carbocycles. The van der Waals surface area contributed by atoms with E-state index in [1.54, 1.807) is 11.8 Å². The van der Waals surface area contributed by atoms with E-state index in [2.05, 4.69) is 6.92 Å². The summed E-state index contributed by atoms with van der Waals surface area (Å²) in [6.45, 7) is 2.14. The van der Waals surface area contributed by atoms with Gasteiger partial charge in [-0.05, 0) is 30.6 Å². The molecule has 0 aliphatic rings. The van der Waals surface area contributed by atoms with E-state index in [1.807, 2.05) is 24.5 Å². The van der Waals surface area contributed by atoms with Gasteiger partial charge in [0.25, 0.3) is 0 Å². The van der Waals surface area contributed by atoms with Gasteiger partial charge in [-0.2, -0.15) is 0 Å². The Morgan fingerprint density at radius 3 is 2.62 bits per heavy atom. The fraction of sp³-hybridized carbons (Fsp3) is 0.417. The second-order valence-electron chi connectivity index (χ2n) is 3.34. The van der Waals surface area contributed by atoms with Crippen LogP contribution in [0.25, 0.3) is 0 Å². The van der Waals surface area contributed by atoms with E-state index in [0.717, 1.165) is 28.4 Å². The first-order chi connectivity index (χ1) is 7.70. The van der Waals surface area contributed by atoms with Gasteiger partial charge in [0, 0.05) is 9.79 Å². The third-order valence-corrected chi connectivity index (χ3v) is 4.10. The van der Waals surface area contributed by atoms with E-state index in [9.17, 15) is 9.90 Å². The van der Waals surface area contributed by atoms with Crippen LogP contribution in [-0.2, 0) is 0 Å². The smallest absolute Gasteiger partial charge is 0.337 e. The first kappa shape index (κ1) is 13.5. The van der Waals surface area contributed by atoms with Crippen molar-refractivity contribution < 1.29 is 9.90 Å². The zero-order valence-corrected chi connectivity index (χ0v) is 11.2. The maximum absolute atomic E-state index is 11.2. The third-order valence-electron chi connectivity index (χ3n) is 2.18. The highest BCUT2D eigenvalue weighted by molar-refractivity contribution is 8.00. The predicted molar refractivity (Wildman–Crippen MR) is 70.8 cm³/mol. The van der Waals surface area contributed by atoms with Crippen LogP contribution in [0, 0.1) is 0 Å². The first-order valence-corrected chi connectivity index (χ1v) is 7.44. The van der Waals surface area contributed by atoms with Crippen LogP contribution in [0.15, 0.2) is 28.0 Å². The van der Waals surface area contributed by atoms with Crippen LogP contribution in [-0.4, -0.2) is 23.1 Å². The molecular formula is C12H16O2S2. The molecule has 1 aromatic rings. The van der Waals surface area contributed by atoms with Crippen LogP contribution >= 0.6 is 23.5 Å². The minimum atomic E-state index is -0.830. The Bertz CT molecular complexity index is 364. The average molecular weight is 256 g/mol. The highest BCUT2D eigenvalue weighted by Crippen LogP contribution is 2.30. The molecule has 0 atom stereocenters. The lowest BCUT2D eigenvalue weighted by atomic mass is 10.2. The summed E-state index contributed by atoms with van der Waals surface area (Å²) in [6, 6.07) is 5.67. The molecule has 88 valence electrons. The normalized spacial score (nSPS) is 10.4. The van der Waals surface area contributed by atoms with E-state index in [0.29, 0.717) is 5.56 Å². The molecule has 2 nitrogen and oxygen atoms in total. The van der Waals surface area contributed by atoms with Gasteiger partial charge in [-0.25, -0.2) is 4.79 Å². The molecule has 0 aromatic heterocycles. The van der Waals surface area contributed by atoms with Gasteiger partial charge in [-0.15, -0.1) is 23.5 Å². The van der Waals surface area contributed by atoms with Crippen molar-refractivity contribution in [2.75, 3.05) is 12.0 Å². The van der Waals surface area contributed by atoms with Crippen molar-refractivity contribution in [3.05, 3.63) is 23.8 Å². The largest absolute Gasteiger partial charge is 0.478 e. The van der Waals surface area contributed by atoms with Gasteiger partial charge in [0.1, 0.15) is 0 Å². The number of aromatic carboxylic acids is 1. The summed E-state index contributed by atoms with van der Waals surface area (Å²) in [6.07, 6.45) is 4.16. The molecule has 0 saturated heterocycles. The molecule has 1 aromatic carbocycles. The Morgan fingerprint density at radius 2 is 2.06 bits per heavy atom. The van der Waals surface area contributed by atoms with Gasteiger partial charge in [0.15, 0.2) is 0 Å². The van der Waals surface area contributed by atoms with Crippen molar-refractivity contribution in [3.8, 4) is 0 Å². The van der Waals surface area contributed by atoms with Crippen LogP contribution in [0.1, 0.15) is 30.1 Å². The van der Waals surface area contributed by atoms with Gasteiger partial charge in [-0.1, -0.05) is 19.4 Å². The predicted octanol–water partition coefficient (Wildman–Crippen LogP) is 4.00. The van der Waals surface area contributed by atoms with E-state index in [1.165, 1.54) is 11.8 Å². The summed E-state index contributed by atoms with van der Waals surface area (Å²) in [7, 11) is 0. The van der Waals surface area contributed by atoms with Crippen molar-refractivity contribution >= 4 is 29.5 Å². The Morgan fingerprint density at radius 1 is 1.38 bits per heavy atom. The third kappa shape index (κ3) is 3.46. The van der Waals surface area contributed by atoms with Crippen molar-refractivity contribution in [2.24, 2.45) is 0 Å². The van der Waals surface area contributed by atoms with Crippen LogP contribution in [0.4, 0.5) is 0 Å². The highest BCUT2D eigenvalue weighted by atomic mass is 32.2. The summed E-state index contributed by atoms with van der Waals surface area (Å²) in [4.78, 5) is 12.9. The molecule has 4 heteroatoms. The van der Waals surface area contributed by atoms with Gasteiger partial charge in [-0.3, -0.25) is 0 Å². The molecule has 0 bridgehead atoms. The molecule has 0 unspecified atom stereocenters. The minimum absolute atomic E-state index is 0.455. The molecule has 0 amide bonds. The lowest BCUT2D eigenvalue weighted by Gasteiger charge is -2.09. The Kier molecular flexibility index (Phi) is 5.77. The molecule has 0 heterocycles. The summed E-state index contributed by atoms with van der Waals surface area (Å²) >= 11 is 3.12. The molecule has 1 N–H and O–H groups in total. The van der Waals surface area contributed by atoms with Gasteiger partial charge in [0.05, 0.1) is 5.56 Å². The van der Waals surface area contributed by atoms with Gasteiger partial charge >= 0.3 is 5.97 Å². The quantitative estimate of drug-likeness (QED) is 0.616. The number of unbranched alkanes of at least 4 members (excludes halogenated alkanes) is 1. The van der Waals surface area contributed by atoms with Crippen LogP contribution in [0.3, 0.4) is 0 Å². The molecular weight excluding hydrogens is 240 g/mol. The number of carboxylic acids is 1. The second kappa shape index (κ2) is 6.86. The number of hydrogen-bond donors (Lipinski definition) is 1. The molecule has 0 fully saturated rings. The number of carbonyl (C=O) groups is 1. The number of hydrogen-bond acceptors (Lipinski definition) is 3. The Balaban J connectivity index is 2.93. The lowest BCUT2D eigenvalue weighted by molar-refractivity contribution is 0.0689. The maximum Gasteiger partial charge on any atom is 0.337 e. The van der Waals surface area contributed by atoms with Crippen LogP contribution < -0.4 is 0 Å². The number of benzene rings is 1. The molecule has 16 heavy (non-hydrogen) atoms. The number of carboxylic acid groups (broad SMARTS) is 1. The summed E-state index contributed by atoms with van der Waals surface area (Å²) in [5.41, 5.74) is 0.455. The van der Waals surface area contributed by atoms with Crippen LogP contribution in [0.2, 0.25) is 0 Å².